The normalized spacial score (nSPS) is 12.1. The summed E-state index contributed by atoms with van der Waals surface area (Å²) >= 11 is 5.57. The van der Waals surface area contributed by atoms with Gasteiger partial charge in [-0.15, -0.1) is 0 Å². The van der Waals surface area contributed by atoms with E-state index in [9.17, 15) is 4.79 Å². The molecular weight excluding hydrogens is 330 g/mol. The summed E-state index contributed by atoms with van der Waals surface area (Å²) in [6.45, 7) is 0.289. The Balaban J connectivity index is 2.02. The number of benzene rings is 1. The third-order valence-electron chi connectivity index (χ3n) is 3.09. The topological polar surface area (TPSA) is 92.5 Å². The quantitative estimate of drug-likeness (QED) is 0.476. The van der Waals surface area contributed by atoms with E-state index in [1.165, 1.54) is 16.8 Å². The summed E-state index contributed by atoms with van der Waals surface area (Å²) < 4.78 is 12.5. The number of nitrogens with zero attached hydrogens (tertiary/aromatic N) is 1. The Bertz CT molecular complexity index is 807. The van der Waals surface area contributed by atoms with Crippen LogP contribution in [0.5, 0.6) is 11.5 Å². The molecule has 0 radical (unpaired) electrons. The molecule has 126 valence electrons. The monoisotopic (exact) mass is 347 g/mol. The van der Waals surface area contributed by atoms with Gasteiger partial charge >= 0.3 is 0 Å². The van der Waals surface area contributed by atoms with E-state index in [4.69, 9.17) is 32.5 Å². The second kappa shape index (κ2) is 8.12. The minimum absolute atomic E-state index is 0.0832. The maximum Gasteiger partial charge on any atom is 0.293 e. The van der Waals surface area contributed by atoms with Gasteiger partial charge in [0, 0.05) is 25.5 Å². The van der Waals surface area contributed by atoms with E-state index in [0.29, 0.717) is 11.5 Å². The van der Waals surface area contributed by atoms with Crippen LogP contribution in [-0.4, -0.2) is 4.57 Å². The summed E-state index contributed by atoms with van der Waals surface area (Å²) in [4.78, 5) is 11.9. The van der Waals surface area contributed by atoms with Crippen molar-refractivity contribution >= 4 is 11.6 Å². The molecule has 0 spiro atoms. The summed E-state index contributed by atoms with van der Waals surface area (Å²) in [7, 11) is 1.67. The predicted molar refractivity (Wildman–Crippen MR) is 93.4 cm³/mol. The first-order valence-electron chi connectivity index (χ1n) is 7.09. The fourth-order valence-electron chi connectivity index (χ4n) is 1.87. The van der Waals surface area contributed by atoms with Crippen LogP contribution in [0, 0.1) is 0 Å². The molecule has 0 unspecified atom stereocenters. The highest BCUT2D eigenvalue weighted by molar-refractivity contribution is 6.29. The lowest BCUT2D eigenvalue weighted by Gasteiger charge is -2.09. The highest BCUT2D eigenvalue weighted by atomic mass is 35.5. The van der Waals surface area contributed by atoms with Gasteiger partial charge < -0.3 is 25.5 Å². The van der Waals surface area contributed by atoms with Crippen LogP contribution in [0.25, 0.3) is 0 Å². The van der Waals surface area contributed by atoms with Gasteiger partial charge in [-0.25, -0.2) is 0 Å². The van der Waals surface area contributed by atoms with Gasteiger partial charge in [-0.1, -0.05) is 23.7 Å². The van der Waals surface area contributed by atoms with Gasteiger partial charge in [0.25, 0.3) is 5.56 Å². The second-order valence-corrected chi connectivity index (χ2v) is 5.36. The summed E-state index contributed by atoms with van der Waals surface area (Å²) in [6.07, 6.45) is 4.36. The summed E-state index contributed by atoms with van der Waals surface area (Å²) in [5.74, 6) is 1.19. The van der Waals surface area contributed by atoms with Gasteiger partial charge in [-0.2, -0.15) is 0 Å². The number of halogens is 1. The standard InChI is InChI=1S/C17H18ClN3O3/c1-21-8-2-3-15(17(21)22)24-13-6-4-12(5-7-13)11-23-14(10-19)9-16(18)20/h2-10H,11,19-20H2,1H3/b14-10+,16-9-. The molecule has 0 aliphatic carbocycles. The Morgan fingerprint density at radius 1 is 1.29 bits per heavy atom. The van der Waals surface area contributed by atoms with E-state index in [-0.39, 0.29) is 23.1 Å². The summed E-state index contributed by atoms with van der Waals surface area (Å²) in [6, 6.07) is 10.5. The van der Waals surface area contributed by atoms with E-state index >= 15 is 0 Å². The zero-order chi connectivity index (χ0) is 17.5. The van der Waals surface area contributed by atoms with Crippen LogP contribution in [0.1, 0.15) is 5.56 Å². The van der Waals surface area contributed by atoms with Gasteiger partial charge in [0.15, 0.2) is 5.75 Å². The largest absolute Gasteiger partial charge is 0.487 e. The molecule has 0 fully saturated rings. The molecule has 0 saturated heterocycles. The molecule has 6 nitrogen and oxygen atoms in total. The van der Waals surface area contributed by atoms with Crippen LogP contribution in [0.2, 0.25) is 0 Å². The zero-order valence-corrected chi connectivity index (χ0v) is 13.9. The lowest BCUT2D eigenvalue weighted by atomic mass is 10.2. The second-order valence-electron chi connectivity index (χ2n) is 4.92. The van der Waals surface area contributed by atoms with Crippen LogP contribution >= 0.6 is 11.6 Å². The molecule has 0 atom stereocenters. The minimum Gasteiger partial charge on any atom is -0.487 e. The number of allylic oxidation sites excluding steroid dienone is 1. The molecule has 1 aromatic heterocycles. The van der Waals surface area contributed by atoms with Crippen molar-refractivity contribution in [3.05, 3.63) is 81.7 Å². The first kappa shape index (κ1) is 17.5. The Morgan fingerprint density at radius 2 is 2.00 bits per heavy atom. The van der Waals surface area contributed by atoms with E-state index in [2.05, 4.69) is 0 Å². The van der Waals surface area contributed by atoms with Gasteiger partial charge in [-0.05, 0) is 29.8 Å². The van der Waals surface area contributed by atoms with Crippen molar-refractivity contribution < 1.29 is 9.47 Å². The van der Waals surface area contributed by atoms with E-state index in [1.807, 2.05) is 12.1 Å². The Hall–Kier alpha value is -2.86. The van der Waals surface area contributed by atoms with Crippen molar-refractivity contribution in [1.29, 1.82) is 0 Å². The highest BCUT2D eigenvalue weighted by Crippen LogP contribution is 2.19. The number of ether oxygens (including phenoxy) is 2. The molecule has 0 aliphatic rings. The van der Waals surface area contributed by atoms with Crippen LogP contribution in [0.4, 0.5) is 0 Å². The van der Waals surface area contributed by atoms with Crippen molar-refractivity contribution in [3.63, 3.8) is 0 Å². The number of aryl methyl sites for hydroxylation is 1. The SMILES string of the molecule is Cn1cccc(Oc2ccc(COC(/C=C(\N)Cl)=C/N)cc2)c1=O. The molecule has 0 saturated carbocycles. The van der Waals surface area contributed by atoms with Gasteiger partial charge in [-0.3, -0.25) is 4.79 Å². The highest BCUT2D eigenvalue weighted by Gasteiger charge is 2.04. The maximum absolute atomic E-state index is 11.9. The molecule has 1 aromatic carbocycles. The fourth-order valence-corrected chi connectivity index (χ4v) is 1.98. The third kappa shape index (κ3) is 4.82. The molecule has 0 aliphatic heterocycles. The Morgan fingerprint density at radius 3 is 2.62 bits per heavy atom. The van der Waals surface area contributed by atoms with Gasteiger partial charge in [0.05, 0.1) is 0 Å². The zero-order valence-electron chi connectivity index (χ0n) is 13.1. The van der Waals surface area contributed by atoms with Gasteiger partial charge in [0.2, 0.25) is 0 Å². The lowest BCUT2D eigenvalue weighted by Crippen LogP contribution is -2.16. The number of hydrogen-bond donors (Lipinski definition) is 2. The number of pyridine rings is 1. The lowest BCUT2D eigenvalue weighted by molar-refractivity contribution is 0.210. The number of rotatable bonds is 6. The average Bonchev–Trinajstić information content (AvgIpc) is 2.56. The molecule has 2 rings (SSSR count). The van der Waals surface area contributed by atoms with Crippen molar-refractivity contribution in [3.8, 4) is 11.5 Å². The predicted octanol–water partition coefficient (Wildman–Crippen LogP) is 2.53. The number of nitrogens with two attached hydrogens (primary N) is 2. The fraction of sp³-hybridized carbons (Fsp3) is 0.118. The first-order chi connectivity index (χ1) is 11.5. The minimum atomic E-state index is -0.201. The molecular formula is C17H18ClN3O3. The summed E-state index contributed by atoms with van der Waals surface area (Å²) in [5, 5.41) is 0.0832. The number of aromatic nitrogens is 1. The summed E-state index contributed by atoms with van der Waals surface area (Å²) in [5.41, 5.74) is 11.5. The van der Waals surface area contributed by atoms with Crippen molar-refractivity contribution in [2.24, 2.45) is 18.5 Å². The molecule has 0 amide bonds. The van der Waals surface area contributed by atoms with Crippen molar-refractivity contribution in [2.45, 2.75) is 6.61 Å². The van der Waals surface area contributed by atoms with Crippen LogP contribution in [0.15, 0.2) is 70.6 Å². The van der Waals surface area contributed by atoms with E-state index < -0.39 is 0 Å². The van der Waals surface area contributed by atoms with Crippen molar-refractivity contribution in [1.82, 2.24) is 4.57 Å². The van der Waals surface area contributed by atoms with E-state index in [0.717, 1.165) is 5.56 Å². The van der Waals surface area contributed by atoms with E-state index in [1.54, 1.807) is 37.5 Å². The molecule has 7 heteroatoms. The molecule has 24 heavy (non-hydrogen) atoms. The third-order valence-corrected chi connectivity index (χ3v) is 3.20. The maximum atomic E-state index is 11.9. The smallest absolute Gasteiger partial charge is 0.293 e. The van der Waals surface area contributed by atoms with Crippen LogP contribution in [0.3, 0.4) is 0 Å². The molecule has 1 heterocycles. The Kier molecular flexibility index (Phi) is 5.92. The Labute approximate surface area is 144 Å². The van der Waals surface area contributed by atoms with Gasteiger partial charge in [0.1, 0.15) is 23.3 Å². The van der Waals surface area contributed by atoms with Crippen LogP contribution < -0.4 is 21.8 Å². The van der Waals surface area contributed by atoms with Crippen LogP contribution in [-0.2, 0) is 18.4 Å². The molecule has 4 N–H and O–H groups in total. The molecule has 2 aromatic rings. The number of hydrogen-bond acceptors (Lipinski definition) is 5. The van der Waals surface area contributed by atoms with Crippen molar-refractivity contribution in [2.75, 3.05) is 0 Å². The first-order valence-corrected chi connectivity index (χ1v) is 7.47. The average molecular weight is 348 g/mol. The molecule has 0 bridgehead atoms.